The Labute approximate surface area is 119 Å². The molecule has 1 rings (SSSR count). The number of hydrogen-bond acceptors (Lipinski definition) is 6. The molecule has 0 aliphatic carbocycles. The SMILES string of the molecule is CCOC(=O)c1c(C)nc(C(OC)C(C)(C)C)nc1N. The van der Waals surface area contributed by atoms with E-state index in [-0.39, 0.29) is 29.5 Å². The van der Waals surface area contributed by atoms with E-state index in [0.717, 1.165) is 0 Å². The molecular formula is C14H23N3O3. The lowest BCUT2D eigenvalue weighted by Crippen LogP contribution is -2.24. The zero-order valence-electron chi connectivity index (χ0n) is 13.0. The van der Waals surface area contributed by atoms with E-state index in [1.807, 2.05) is 20.8 Å². The summed E-state index contributed by atoms with van der Waals surface area (Å²) in [5.74, 6) is 0.0964. The van der Waals surface area contributed by atoms with Crippen molar-refractivity contribution in [2.75, 3.05) is 19.5 Å². The van der Waals surface area contributed by atoms with Gasteiger partial charge in [0.15, 0.2) is 5.82 Å². The lowest BCUT2D eigenvalue weighted by atomic mass is 9.88. The molecule has 6 nitrogen and oxygen atoms in total. The summed E-state index contributed by atoms with van der Waals surface area (Å²) in [4.78, 5) is 20.4. The Bertz CT molecular complexity index is 472. The molecule has 0 amide bonds. The van der Waals surface area contributed by atoms with Crippen molar-refractivity contribution >= 4 is 11.8 Å². The molecule has 2 N–H and O–H groups in total. The number of ether oxygens (including phenoxy) is 2. The van der Waals surface area contributed by atoms with Crippen molar-refractivity contribution in [3.05, 3.63) is 17.1 Å². The highest BCUT2D eigenvalue weighted by Crippen LogP contribution is 2.34. The van der Waals surface area contributed by atoms with Crippen LogP contribution in [0.5, 0.6) is 0 Å². The maximum Gasteiger partial charge on any atom is 0.343 e. The Morgan fingerprint density at radius 3 is 2.35 bits per heavy atom. The molecule has 1 heterocycles. The molecule has 0 aromatic carbocycles. The van der Waals surface area contributed by atoms with Gasteiger partial charge in [-0.2, -0.15) is 0 Å². The fourth-order valence-electron chi connectivity index (χ4n) is 2.04. The number of aryl methyl sites for hydroxylation is 1. The second kappa shape index (κ2) is 6.17. The predicted molar refractivity (Wildman–Crippen MR) is 76.3 cm³/mol. The molecule has 0 aliphatic rings. The zero-order chi connectivity index (χ0) is 15.5. The van der Waals surface area contributed by atoms with Crippen LogP contribution in [0.15, 0.2) is 0 Å². The maximum absolute atomic E-state index is 11.8. The molecule has 0 saturated heterocycles. The third-order valence-electron chi connectivity index (χ3n) is 2.87. The smallest absolute Gasteiger partial charge is 0.343 e. The van der Waals surface area contributed by atoms with Crippen molar-refractivity contribution in [3.8, 4) is 0 Å². The number of nitrogens with zero attached hydrogens (tertiary/aromatic N) is 2. The number of nitrogen functional groups attached to an aromatic ring is 1. The van der Waals surface area contributed by atoms with Crippen molar-refractivity contribution in [2.24, 2.45) is 5.41 Å². The molecule has 1 aromatic heterocycles. The van der Waals surface area contributed by atoms with Crippen LogP contribution in [-0.2, 0) is 9.47 Å². The summed E-state index contributed by atoms with van der Waals surface area (Å²) in [6.45, 7) is 9.80. The number of hydrogen-bond donors (Lipinski definition) is 1. The first-order valence-corrected chi connectivity index (χ1v) is 6.56. The zero-order valence-corrected chi connectivity index (χ0v) is 13.0. The number of methoxy groups -OCH3 is 1. The fraction of sp³-hybridized carbons (Fsp3) is 0.643. The molecule has 0 spiro atoms. The van der Waals surface area contributed by atoms with Gasteiger partial charge in [-0.1, -0.05) is 20.8 Å². The van der Waals surface area contributed by atoms with Gasteiger partial charge in [-0.25, -0.2) is 14.8 Å². The van der Waals surface area contributed by atoms with Crippen LogP contribution >= 0.6 is 0 Å². The predicted octanol–water partition coefficient (Wildman–Crippen LogP) is 2.28. The highest BCUT2D eigenvalue weighted by molar-refractivity contribution is 5.95. The minimum Gasteiger partial charge on any atom is -0.462 e. The van der Waals surface area contributed by atoms with Crippen LogP contribution in [0.4, 0.5) is 5.82 Å². The number of aromatic nitrogens is 2. The van der Waals surface area contributed by atoms with Crippen molar-refractivity contribution < 1.29 is 14.3 Å². The molecule has 1 aromatic rings. The van der Waals surface area contributed by atoms with E-state index < -0.39 is 5.97 Å². The van der Waals surface area contributed by atoms with E-state index in [0.29, 0.717) is 11.5 Å². The number of esters is 1. The van der Waals surface area contributed by atoms with E-state index in [9.17, 15) is 4.79 Å². The molecule has 6 heteroatoms. The number of anilines is 1. The number of carbonyl (C=O) groups excluding carboxylic acids is 1. The minimum atomic E-state index is -0.501. The number of carbonyl (C=O) groups is 1. The van der Waals surface area contributed by atoms with Gasteiger partial charge < -0.3 is 15.2 Å². The van der Waals surface area contributed by atoms with Gasteiger partial charge in [-0.15, -0.1) is 0 Å². The summed E-state index contributed by atoms with van der Waals surface area (Å²) in [5.41, 5.74) is 6.42. The van der Waals surface area contributed by atoms with Gasteiger partial charge in [0, 0.05) is 7.11 Å². The van der Waals surface area contributed by atoms with Gasteiger partial charge >= 0.3 is 5.97 Å². The first-order valence-electron chi connectivity index (χ1n) is 6.56. The van der Waals surface area contributed by atoms with Crippen LogP contribution in [0.2, 0.25) is 0 Å². The van der Waals surface area contributed by atoms with E-state index in [1.165, 1.54) is 0 Å². The normalized spacial score (nSPS) is 13.1. The third kappa shape index (κ3) is 3.45. The van der Waals surface area contributed by atoms with Crippen LogP contribution in [0.1, 0.15) is 55.7 Å². The van der Waals surface area contributed by atoms with Gasteiger partial charge in [-0.3, -0.25) is 0 Å². The van der Waals surface area contributed by atoms with Gasteiger partial charge in [0.05, 0.1) is 12.3 Å². The van der Waals surface area contributed by atoms with Crippen LogP contribution in [-0.4, -0.2) is 29.7 Å². The quantitative estimate of drug-likeness (QED) is 0.852. The van der Waals surface area contributed by atoms with Crippen LogP contribution in [0.25, 0.3) is 0 Å². The summed E-state index contributed by atoms with van der Waals surface area (Å²) < 4.78 is 10.4. The van der Waals surface area contributed by atoms with E-state index in [1.54, 1.807) is 21.0 Å². The fourth-order valence-corrected chi connectivity index (χ4v) is 2.04. The largest absolute Gasteiger partial charge is 0.462 e. The highest BCUT2D eigenvalue weighted by atomic mass is 16.5. The molecule has 0 saturated carbocycles. The number of rotatable bonds is 4. The van der Waals surface area contributed by atoms with Gasteiger partial charge in [0.1, 0.15) is 17.5 Å². The topological polar surface area (TPSA) is 87.3 Å². The van der Waals surface area contributed by atoms with Crippen molar-refractivity contribution in [1.29, 1.82) is 0 Å². The Morgan fingerprint density at radius 2 is 1.95 bits per heavy atom. The molecule has 0 fully saturated rings. The Kier molecular flexibility index (Phi) is 5.05. The van der Waals surface area contributed by atoms with Gasteiger partial charge in [0.2, 0.25) is 0 Å². The van der Waals surface area contributed by atoms with Crippen molar-refractivity contribution in [1.82, 2.24) is 9.97 Å². The summed E-state index contributed by atoms with van der Waals surface area (Å²) in [7, 11) is 1.60. The molecule has 112 valence electrons. The first-order chi connectivity index (χ1) is 9.22. The monoisotopic (exact) mass is 281 g/mol. The summed E-state index contributed by atoms with van der Waals surface area (Å²) in [6.07, 6.45) is -0.306. The second-order valence-corrected chi connectivity index (χ2v) is 5.63. The summed E-state index contributed by atoms with van der Waals surface area (Å²) in [6, 6.07) is 0. The third-order valence-corrected chi connectivity index (χ3v) is 2.87. The van der Waals surface area contributed by atoms with Crippen molar-refractivity contribution in [3.63, 3.8) is 0 Å². The minimum absolute atomic E-state index is 0.122. The molecule has 0 bridgehead atoms. The molecular weight excluding hydrogens is 258 g/mol. The molecule has 0 aliphatic heterocycles. The van der Waals surface area contributed by atoms with E-state index in [4.69, 9.17) is 15.2 Å². The van der Waals surface area contributed by atoms with Crippen LogP contribution < -0.4 is 5.73 Å². The highest BCUT2D eigenvalue weighted by Gasteiger charge is 2.30. The van der Waals surface area contributed by atoms with E-state index in [2.05, 4.69) is 9.97 Å². The Balaban J connectivity index is 3.26. The van der Waals surface area contributed by atoms with Crippen molar-refractivity contribution in [2.45, 2.75) is 40.7 Å². The standard InChI is InChI=1S/C14H23N3O3/c1-7-20-13(18)9-8(2)16-12(17-11(9)15)10(19-6)14(3,4)5/h10H,7H2,1-6H3,(H2,15,16,17). The maximum atomic E-state index is 11.8. The molecule has 1 atom stereocenters. The molecule has 0 radical (unpaired) electrons. The summed E-state index contributed by atoms with van der Waals surface area (Å²) in [5, 5.41) is 0. The lowest BCUT2D eigenvalue weighted by Gasteiger charge is -2.28. The Morgan fingerprint density at radius 1 is 1.35 bits per heavy atom. The summed E-state index contributed by atoms with van der Waals surface area (Å²) >= 11 is 0. The number of nitrogens with two attached hydrogens (primary N) is 1. The molecule has 20 heavy (non-hydrogen) atoms. The average molecular weight is 281 g/mol. The average Bonchev–Trinajstić information content (AvgIpc) is 2.27. The second-order valence-electron chi connectivity index (χ2n) is 5.63. The van der Waals surface area contributed by atoms with Crippen LogP contribution in [0, 0.1) is 12.3 Å². The Hall–Kier alpha value is -1.69. The van der Waals surface area contributed by atoms with Gasteiger partial charge in [0.25, 0.3) is 0 Å². The first kappa shape index (κ1) is 16.4. The van der Waals surface area contributed by atoms with E-state index >= 15 is 0 Å². The van der Waals surface area contributed by atoms with Crippen LogP contribution in [0.3, 0.4) is 0 Å². The van der Waals surface area contributed by atoms with Gasteiger partial charge in [-0.05, 0) is 19.3 Å². The lowest BCUT2D eigenvalue weighted by molar-refractivity contribution is 0.00859. The molecule has 1 unspecified atom stereocenters.